The van der Waals surface area contributed by atoms with Crippen molar-refractivity contribution in [3.05, 3.63) is 95.6 Å². The number of fused-ring (bicyclic) bond motifs is 2. The van der Waals surface area contributed by atoms with Crippen molar-refractivity contribution in [1.82, 2.24) is 4.98 Å². The van der Waals surface area contributed by atoms with Crippen LogP contribution in [-0.4, -0.2) is 4.98 Å². The van der Waals surface area contributed by atoms with E-state index in [-0.39, 0.29) is 0 Å². The van der Waals surface area contributed by atoms with Gasteiger partial charge in [-0.2, -0.15) is 0 Å². The average Bonchev–Trinajstić information content (AvgIpc) is 3.23. The van der Waals surface area contributed by atoms with Crippen molar-refractivity contribution >= 4 is 22.6 Å². The standard InChI is InChI=1S/C23H17N/c1-2-8-16(9-3-1)23-22(20-12-6-7-13-21(20)24-23)19-14-17-10-4-5-11-18(17)15-19/h1-14,24H,15H2. The first-order chi connectivity index (χ1) is 11.9. The second-order valence-electron chi connectivity index (χ2n) is 6.33. The van der Waals surface area contributed by atoms with Crippen LogP contribution >= 0.6 is 0 Å². The fourth-order valence-corrected chi connectivity index (χ4v) is 3.74. The highest BCUT2D eigenvalue weighted by Gasteiger charge is 2.20. The van der Waals surface area contributed by atoms with Gasteiger partial charge in [0.15, 0.2) is 0 Å². The average molecular weight is 307 g/mol. The molecule has 0 radical (unpaired) electrons. The van der Waals surface area contributed by atoms with E-state index in [4.69, 9.17) is 0 Å². The first kappa shape index (κ1) is 13.4. The molecular formula is C23H17N. The summed E-state index contributed by atoms with van der Waals surface area (Å²) in [7, 11) is 0. The second-order valence-corrected chi connectivity index (χ2v) is 6.33. The molecule has 0 saturated carbocycles. The molecule has 0 fully saturated rings. The van der Waals surface area contributed by atoms with E-state index in [0.29, 0.717) is 0 Å². The lowest BCUT2D eigenvalue weighted by Crippen LogP contribution is -1.88. The largest absolute Gasteiger partial charge is 0.354 e. The van der Waals surface area contributed by atoms with Crippen molar-refractivity contribution in [3.8, 4) is 11.3 Å². The van der Waals surface area contributed by atoms with Gasteiger partial charge in [0.25, 0.3) is 0 Å². The van der Waals surface area contributed by atoms with Crippen LogP contribution in [0.5, 0.6) is 0 Å². The molecule has 1 heteroatoms. The van der Waals surface area contributed by atoms with Gasteiger partial charge in [-0.3, -0.25) is 0 Å². The Labute approximate surface area is 141 Å². The van der Waals surface area contributed by atoms with Gasteiger partial charge in [-0.05, 0) is 34.8 Å². The van der Waals surface area contributed by atoms with Crippen LogP contribution in [0.3, 0.4) is 0 Å². The Morgan fingerprint density at radius 2 is 1.46 bits per heavy atom. The Morgan fingerprint density at radius 3 is 2.33 bits per heavy atom. The molecule has 5 rings (SSSR count). The van der Waals surface area contributed by atoms with Gasteiger partial charge in [-0.1, -0.05) is 78.9 Å². The number of benzene rings is 3. The van der Waals surface area contributed by atoms with E-state index in [1.54, 1.807) is 0 Å². The van der Waals surface area contributed by atoms with Crippen molar-refractivity contribution in [1.29, 1.82) is 0 Å². The molecule has 114 valence electrons. The minimum Gasteiger partial charge on any atom is -0.354 e. The molecule has 1 N–H and O–H groups in total. The van der Waals surface area contributed by atoms with Gasteiger partial charge in [-0.15, -0.1) is 0 Å². The van der Waals surface area contributed by atoms with Gasteiger partial charge in [-0.25, -0.2) is 0 Å². The Morgan fingerprint density at radius 1 is 0.708 bits per heavy atom. The summed E-state index contributed by atoms with van der Waals surface area (Å²) in [6.07, 6.45) is 3.34. The van der Waals surface area contributed by atoms with Gasteiger partial charge in [0.1, 0.15) is 0 Å². The van der Waals surface area contributed by atoms with E-state index >= 15 is 0 Å². The van der Waals surface area contributed by atoms with Crippen molar-refractivity contribution in [2.75, 3.05) is 0 Å². The molecule has 1 aliphatic carbocycles. The molecule has 0 amide bonds. The van der Waals surface area contributed by atoms with Gasteiger partial charge in [0, 0.05) is 16.5 Å². The number of aromatic amines is 1. The quantitative estimate of drug-likeness (QED) is 0.472. The molecule has 1 nitrogen and oxygen atoms in total. The summed E-state index contributed by atoms with van der Waals surface area (Å²) in [6.45, 7) is 0. The van der Waals surface area contributed by atoms with Crippen LogP contribution in [0.1, 0.15) is 16.7 Å². The molecule has 0 bridgehead atoms. The number of aromatic nitrogens is 1. The zero-order valence-corrected chi connectivity index (χ0v) is 13.3. The van der Waals surface area contributed by atoms with E-state index in [2.05, 4.69) is 89.9 Å². The monoisotopic (exact) mass is 307 g/mol. The zero-order chi connectivity index (χ0) is 15.9. The molecule has 1 aliphatic rings. The second kappa shape index (κ2) is 5.24. The third kappa shape index (κ3) is 2.02. The van der Waals surface area contributed by atoms with Crippen molar-refractivity contribution in [2.24, 2.45) is 0 Å². The molecule has 0 spiro atoms. The summed E-state index contributed by atoms with van der Waals surface area (Å²) in [5, 5.41) is 1.30. The fraction of sp³-hybridized carbons (Fsp3) is 0.0435. The highest BCUT2D eigenvalue weighted by molar-refractivity contribution is 6.05. The van der Waals surface area contributed by atoms with Gasteiger partial charge in [0.2, 0.25) is 0 Å². The van der Waals surface area contributed by atoms with E-state index in [9.17, 15) is 0 Å². The summed E-state index contributed by atoms with van der Waals surface area (Å²) in [4.78, 5) is 3.64. The molecular weight excluding hydrogens is 290 g/mol. The normalized spacial score (nSPS) is 13.1. The topological polar surface area (TPSA) is 15.8 Å². The number of hydrogen-bond donors (Lipinski definition) is 1. The molecule has 3 aromatic carbocycles. The summed E-state index contributed by atoms with van der Waals surface area (Å²) < 4.78 is 0. The molecule has 1 aromatic heterocycles. The third-order valence-corrected chi connectivity index (χ3v) is 4.86. The molecule has 0 saturated heterocycles. The molecule has 24 heavy (non-hydrogen) atoms. The maximum atomic E-state index is 3.64. The SMILES string of the molecule is C1=C(c2c(-c3ccccc3)[nH]c3ccccc23)Cc2ccccc21. The van der Waals surface area contributed by atoms with Crippen molar-refractivity contribution in [3.63, 3.8) is 0 Å². The molecule has 0 unspecified atom stereocenters. The van der Waals surface area contributed by atoms with Crippen LogP contribution in [0.4, 0.5) is 0 Å². The lowest BCUT2D eigenvalue weighted by molar-refractivity contribution is 1.32. The van der Waals surface area contributed by atoms with E-state index in [0.717, 1.165) is 6.42 Å². The Hall–Kier alpha value is -3.06. The van der Waals surface area contributed by atoms with Crippen molar-refractivity contribution in [2.45, 2.75) is 6.42 Å². The van der Waals surface area contributed by atoms with Crippen LogP contribution in [0.25, 0.3) is 33.8 Å². The Balaban J connectivity index is 1.76. The van der Waals surface area contributed by atoms with Crippen molar-refractivity contribution < 1.29 is 0 Å². The predicted octanol–water partition coefficient (Wildman–Crippen LogP) is 5.93. The number of H-pyrrole nitrogens is 1. The number of rotatable bonds is 2. The van der Waals surface area contributed by atoms with Gasteiger partial charge < -0.3 is 4.98 Å². The van der Waals surface area contributed by atoms with Gasteiger partial charge in [0.05, 0.1) is 5.69 Å². The third-order valence-electron chi connectivity index (χ3n) is 4.86. The maximum Gasteiger partial charge on any atom is 0.0541 e. The number of nitrogens with one attached hydrogen (secondary N) is 1. The Kier molecular flexibility index (Phi) is 2.92. The lowest BCUT2D eigenvalue weighted by atomic mass is 9.97. The summed E-state index contributed by atoms with van der Waals surface area (Å²) in [5.74, 6) is 0. The molecule has 0 atom stereocenters. The smallest absolute Gasteiger partial charge is 0.0541 e. The first-order valence-electron chi connectivity index (χ1n) is 8.35. The minimum atomic E-state index is 0.998. The van der Waals surface area contributed by atoms with Crippen LogP contribution in [0.15, 0.2) is 78.9 Å². The first-order valence-corrected chi connectivity index (χ1v) is 8.35. The minimum absolute atomic E-state index is 0.998. The molecule has 0 aliphatic heterocycles. The van der Waals surface area contributed by atoms with Crippen LogP contribution in [0.2, 0.25) is 0 Å². The lowest BCUT2D eigenvalue weighted by Gasteiger charge is -2.06. The summed E-state index contributed by atoms with van der Waals surface area (Å²) in [5.41, 5.74) is 9.15. The van der Waals surface area contributed by atoms with Crippen LogP contribution < -0.4 is 0 Å². The predicted molar refractivity (Wildman–Crippen MR) is 102 cm³/mol. The summed E-state index contributed by atoms with van der Waals surface area (Å²) in [6, 6.07) is 27.9. The molecule has 4 aromatic rings. The Bertz CT molecular complexity index is 1070. The zero-order valence-electron chi connectivity index (χ0n) is 13.3. The van der Waals surface area contributed by atoms with Crippen LogP contribution in [0, 0.1) is 0 Å². The van der Waals surface area contributed by atoms with Gasteiger partial charge >= 0.3 is 0 Å². The number of para-hydroxylation sites is 1. The highest BCUT2D eigenvalue weighted by atomic mass is 14.7. The number of hydrogen-bond acceptors (Lipinski definition) is 0. The van der Waals surface area contributed by atoms with E-state index in [1.807, 2.05) is 0 Å². The van der Waals surface area contributed by atoms with E-state index < -0.39 is 0 Å². The van der Waals surface area contributed by atoms with E-state index in [1.165, 1.54) is 44.4 Å². The highest BCUT2D eigenvalue weighted by Crippen LogP contribution is 2.40. The number of allylic oxidation sites excluding steroid dienone is 1. The van der Waals surface area contributed by atoms with Crippen LogP contribution in [-0.2, 0) is 6.42 Å². The molecule has 1 heterocycles. The fourth-order valence-electron chi connectivity index (χ4n) is 3.74. The summed E-state index contributed by atoms with van der Waals surface area (Å²) >= 11 is 0. The maximum absolute atomic E-state index is 3.64.